The number of benzene rings is 2. The minimum Gasteiger partial charge on any atom is -0.481 e. The molecule has 30 heavy (non-hydrogen) atoms. The van der Waals surface area contributed by atoms with Crippen LogP contribution < -0.4 is 10.1 Å². The lowest BCUT2D eigenvalue weighted by Crippen LogP contribution is -2.49. The predicted octanol–water partition coefficient (Wildman–Crippen LogP) is 3.95. The van der Waals surface area contributed by atoms with E-state index >= 15 is 0 Å². The van der Waals surface area contributed by atoms with Crippen molar-refractivity contribution >= 4 is 23.4 Å². The van der Waals surface area contributed by atoms with Crippen molar-refractivity contribution < 1.29 is 27.5 Å². The van der Waals surface area contributed by atoms with Crippen LogP contribution in [0.4, 0.5) is 13.2 Å². The van der Waals surface area contributed by atoms with Crippen molar-refractivity contribution in [2.24, 2.45) is 0 Å². The molecule has 2 aromatic rings. The molecule has 1 unspecified atom stereocenters. The average molecular weight is 441 g/mol. The second-order valence-electron chi connectivity index (χ2n) is 7.01. The molecule has 2 amide bonds. The van der Waals surface area contributed by atoms with E-state index in [1.54, 1.807) is 36.1 Å². The zero-order chi connectivity index (χ0) is 21.8. The normalized spacial score (nSPS) is 15.6. The maximum atomic E-state index is 13.8. The Bertz CT molecular complexity index is 932. The first-order chi connectivity index (χ1) is 14.3. The van der Waals surface area contributed by atoms with E-state index in [4.69, 9.17) is 16.3 Å². The summed E-state index contributed by atoms with van der Waals surface area (Å²) < 4.78 is 45.8. The number of hydrogen-bond donors (Lipinski definition) is 1. The van der Waals surface area contributed by atoms with Crippen molar-refractivity contribution in [1.29, 1.82) is 0 Å². The fraction of sp³-hybridized carbons (Fsp3) is 0.333. The maximum absolute atomic E-state index is 13.8. The lowest BCUT2D eigenvalue weighted by atomic mass is 10.0. The van der Waals surface area contributed by atoms with E-state index < -0.39 is 35.0 Å². The molecule has 0 saturated carbocycles. The first kappa shape index (κ1) is 22.0. The number of nitrogens with zero attached hydrogens (tertiary/aromatic N) is 1. The molecule has 9 heteroatoms. The van der Waals surface area contributed by atoms with E-state index in [0.29, 0.717) is 42.8 Å². The molecule has 1 fully saturated rings. The monoisotopic (exact) mass is 440 g/mol. The highest BCUT2D eigenvalue weighted by molar-refractivity contribution is 6.30. The first-order valence-corrected chi connectivity index (χ1v) is 9.79. The average Bonchev–Trinajstić information content (AvgIpc) is 2.73. The summed E-state index contributed by atoms with van der Waals surface area (Å²) in [5.74, 6) is -5.05. The third-order valence-corrected chi connectivity index (χ3v) is 5.15. The van der Waals surface area contributed by atoms with Crippen LogP contribution in [-0.2, 0) is 4.79 Å². The number of hydrogen-bond acceptors (Lipinski definition) is 3. The number of ether oxygens (including phenoxy) is 1. The minimum absolute atomic E-state index is 0.193. The molecule has 1 heterocycles. The molecular formula is C21H20ClF3N2O3. The van der Waals surface area contributed by atoms with Gasteiger partial charge in [-0.1, -0.05) is 11.6 Å². The van der Waals surface area contributed by atoms with Gasteiger partial charge in [0.25, 0.3) is 11.8 Å². The summed E-state index contributed by atoms with van der Waals surface area (Å²) in [6.07, 6.45) is 0.181. The highest BCUT2D eigenvalue weighted by atomic mass is 35.5. The fourth-order valence-corrected chi connectivity index (χ4v) is 3.36. The third kappa shape index (κ3) is 5.05. The topological polar surface area (TPSA) is 58.6 Å². The quantitative estimate of drug-likeness (QED) is 0.716. The van der Waals surface area contributed by atoms with Crippen LogP contribution in [0.25, 0.3) is 0 Å². The lowest BCUT2D eigenvalue weighted by molar-refractivity contribution is -0.139. The van der Waals surface area contributed by atoms with E-state index in [2.05, 4.69) is 5.32 Å². The van der Waals surface area contributed by atoms with Crippen LogP contribution in [0.5, 0.6) is 5.75 Å². The molecule has 2 aromatic carbocycles. The summed E-state index contributed by atoms with van der Waals surface area (Å²) in [6, 6.07) is 7.96. The van der Waals surface area contributed by atoms with Gasteiger partial charge in [0.05, 0.1) is 5.56 Å². The number of carbonyl (C=O) groups excluding carboxylic acids is 2. The summed E-state index contributed by atoms with van der Waals surface area (Å²) >= 11 is 5.83. The smallest absolute Gasteiger partial charge is 0.263 e. The molecule has 0 aromatic heterocycles. The number of rotatable bonds is 5. The molecule has 0 bridgehead atoms. The van der Waals surface area contributed by atoms with Gasteiger partial charge in [0.1, 0.15) is 5.75 Å². The lowest BCUT2D eigenvalue weighted by Gasteiger charge is -2.33. The van der Waals surface area contributed by atoms with E-state index in [1.165, 1.54) is 0 Å². The van der Waals surface area contributed by atoms with E-state index in [-0.39, 0.29) is 11.9 Å². The van der Waals surface area contributed by atoms with Crippen LogP contribution in [0.3, 0.4) is 0 Å². The molecule has 0 spiro atoms. The van der Waals surface area contributed by atoms with Gasteiger partial charge in [-0.15, -0.1) is 0 Å². The highest BCUT2D eigenvalue weighted by Crippen LogP contribution is 2.20. The summed E-state index contributed by atoms with van der Waals surface area (Å²) in [4.78, 5) is 26.4. The summed E-state index contributed by atoms with van der Waals surface area (Å²) in [5.41, 5.74) is -0.558. The van der Waals surface area contributed by atoms with Crippen LogP contribution in [0.1, 0.15) is 30.1 Å². The standard InChI is InChI=1S/C21H20ClF3N2O3/c1-12(30-15-4-2-13(22)3-5-15)21(29)27-10-8-14(9-11-27)26-20(28)16-6-7-17(23)19(25)18(16)24/h2-7,12,14H,8-11H2,1H3,(H,26,28). The summed E-state index contributed by atoms with van der Waals surface area (Å²) in [7, 11) is 0. The van der Waals surface area contributed by atoms with Crippen LogP contribution in [0.2, 0.25) is 5.02 Å². The number of amides is 2. The zero-order valence-electron chi connectivity index (χ0n) is 16.1. The molecular weight excluding hydrogens is 421 g/mol. The number of nitrogens with one attached hydrogen (secondary N) is 1. The SMILES string of the molecule is CC(Oc1ccc(Cl)cc1)C(=O)N1CCC(NC(=O)c2ccc(F)c(F)c2F)CC1. The number of carbonyl (C=O) groups is 2. The summed E-state index contributed by atoms with van der Waals surface area (Å²) in [5, 5.41) is 3.17. The van der Waals surface area contributed by atoms with E-state index in [0.717, 1.165) is 6.07 Å². The van der Waals surface area contributed by atoms with Crippen LogP contribution in [-0.4, -0.2) is 41.9 Å². The third-order valence-electron chi connectivity index (χ3n) is 4.90. The predicted molar refractivity (Wildman–Crippen MR) is 105 cm³/mol. The van der Waals surface area contributed by atoms with Crippen molar-refractivity contribution in [1.82, 2.24) is 10.2 Å². The van der Waals surface area contributed by atoms with Gasteiger partial charge in [0, 0.05) is 24.2 Å². The molecule has 1 saturated heterocycles. The van der Waals surface area contributed by atoms with Crippen molar-refractivity contribution in [3.8, 4) is 5.75 Å². The van der Waals surface area contributed by atoms with E-state index in [1.807, 2.05) is 0 Å². The first-order valence-electron chi connectivity index (χ1n) is 9.41. The molecule has 3 rings (SSSR count). The highest BCUT2D eigenvalue weighted by Gasteiger charge is 2.28. The van der Waals surface area contributed by atoms with Gasteiger partial charge < -0.3 is 15.0 Å². The minimum atomic E-state index is -1.68. The Morgan fingerprint density at radius 3 is 2.33 bits per heavy atom. The van der Waals surface area contributed by atoms with Gasteiger partial charge in [-0.05, 0) is 56.2 Å². The van der Waals surface area contributed by atoms with Gasteiger partial charge in [-0.25, -0.2) is 13.2 Å². The molecule has 1 atom stereocenters. The van der Waals surface area contributed by atoms with Crippen LogP contribution in [0.15, 0.2) is 36.4 Å². The second kappa shape index (κ2) is 9.38. The summed E-state index contributed by atoms with van der Waals surface area (Å²) in [6.45, 7) is 2.40. The number of piperidine rings is 1. The fourth-order valence-electron chi connectivity index (χ4n) is 3.23. The largest absolute Gasteiger partial charge is 0.481 e. The van der Waals surface area contributed by atoms with Gasteiger partial charge in [0.2, 0.25) is 0 Å². The van der Waals surface area contributed by atoms with E-state index in [9.17, 15) is 22.8 Å². The number of halogens is 4. The van der Waals surface area contributed by atoms with Crippen LogP contribution >= 0.6 is 11.6 Å². The molecule has 1 aliphatic heterocycles. The Balaban J connectivity index is 1.51. The van der Waals surface area contributed by atoms with Crippen molar-refractivity contribution in [2.75, 3.05) is 13.1 Å². The zero-order valence-corrected chi connectivity index (χ0v) is 16.9. The Labute approximate surface area is 176 Å². The Morgan fingerprint density at radius 2 is 1.70 bits per heavy atom. The van der Waals surface area contributed by atoms with Gasteiger partial charge >= 0.3 is 0 Å². The van der Waals surface area contributed by atoms with Gasteiger partial charge in [-0.3, -0.25) is 9.59 Å². The number of likely N-dealkylation sites (tertiary alicyclic amines) is 1. The van der Waals surface area contributed by atoms with Crippen LogP contribution in [0, 0.1) is 17.5 Å². The van der Waals surface area contributed by atoms with Crippen molar-refractivity contribution in [2.45, 2.75) is 31.9 Å². The van der Waals surface area contributed by atoms with Crippen molar-refractivity contribution in [3.63, 3.8) is 0 Å². The molecule has 160 valence electrons. The molecule has 5 nitrogen and oxygen atoms in total. The molecule has 0 radical (unpaired) electrons. The second-order valence-corrected chi connectivity index (χ2v) is 7.45. The van der Waals surface area contributed by atoms with Crippen molar-refractivity contribution in [3.05, 3.63) is 64.4 Å². The Hall–Kier alpha value is -2.74. The molecule has 1 N–H and O–H groups in total. The van der Waals surface area contributed by atoms with Gasteiger partial charge in [-0.2, -0.15) is 0 Å². The van der Waals surface area contributed by atoms with Gasteiger partial charge in [0.15, 0.2) is 23.6 Å². The Morgan fingerprint density at radius 1 is 1.07 bits per heavy atom. The molecule has 1 aliphatic rings. The Kier molecular flexibility index (Phi) is 6.87. The molecule has 0 aliphatic carbocycles. The maximum Gasteiger partial charge on any atom is 0.263 e.